The van der Waals surface area contributed by atoms with E-state index in [0.717, 1.165) is 5.75 Å². The smallest absolute Gasteiger partial charge is 0.230 e. The molecule has 0 fully saturated rings. The molecule has 0 bridgehead atoms. The van der Waals surface area contributed by atoms with Gasteiger partial charge in [-0.25, -0.2) is 0 Å². The largest absolute Gasteiger partial charge is 0.393 e. The summed E-state index contributed by atoms with van der Waals surface area (Å²) in [5.41, 5.74) is 1.15. The first kappa shape index (κ1) is 16.0. The van der Waals surface area contributed by atoms with E-state index < -0.39 is 5.60 Å². The van der Waals surface area contributed by atoms with Crippen molar-refractivity contribution in [2.75, 3.05) is 18.9 Å². The molecule has 0 saturated carbocycles. The third-order valence-corrected chi connectivity index (χ3v) is 3.60. The van der Waals surface area contributed by atoms with Crippen LogP contribution in [0.3, 0.4) is 0 Å². The molecule has 0 aliphatic rings. The zero-order chi connectivity index (χ0) is 14.3. The maximum atomic E-state index is 11.5. The predicted molar refractivity (Wildman–Crippen MR) is 78.1 cm³/mol. The average molecular weight is 283 g/mol. The van der Waals surface area contributed by atoms with Gasteiger partial charge in [-0.2, -0.15) is 0 Å². The lowest BCUT2D eigenvalue weighted by molar-refractivity contribution is -0.120. The third kappa shape index (κ3) is 6.61. The highest BCUT2D eigenvalue weighted by atomic mass is 32.2. The number of aryl methyl sites for hydroxylation is 1. The molecule has 1 atom stereocenters. The summed E-state index contributed by atoms with van der Waals surface area (Å²) in [6.45, 7) is 3.21. The Morgan fingerprint density at radius 2 is 2.21 bits per heavy atom. The van der Waals surface area contributed by atoms with Crippen LogP contribution in [-0.4, -0.2) is 40.6 Å². The number of aliphatic hydroxyl groups is 2. The highest BCUT2D eigenvalue weighted by molar-refractivity contribution is 7.99. The SMILES string of the molecule is Cc1cccc(CSCC(=O)NCC(C)(O)CO)c1. The number of amides is 1. The summed E-state index contributed by atoms with van der Waals surface area (Å²) in [6, 6.07) is 8.18. The van der Waals surface area contributed by atoms with E-state index >= 15 is 0 Å². The molecule has 1 unspecified atom stereocenters. The van der Waals surface area contributed by atoms with Gasteiger partial charge in [0, 0.05) is 12.3 Å². The van der Waals surface area contributed by atoms with Gasteiger partial charge in [-0.3, -0.25) is 4.79 Å². The second-order valence-electron chi connectivity index (χ2n) is 4.91. The van der Waals surface area contributed by atoms with Crippen LogP contribution in [0.15, 0.2) is 24.3 Å². The summed E-state index contributed by atoms with van der Waals surface area (Å²) in [5, 5.41) is 21.0. The fraction of sp³-hybridized carbons (Fsp3) is 0.500. The normalized spacial score (nSPS) is 13.9. The van der Waals surface area contributed by atoms with Gasteiger partial charge in [-0.1, -0.05) is 29.8 Å². The van der Waals surface area contributed by atoms with E-state index in [1.807, 2.05) is 25.1 Å². The van der Waals surface area contributed by atoms with Crippen LogP contribution in [-0.2, 0) is 10.5 Å². The van der Waals surface area contributed by atoms with Gasteiger partial charge in [0.2, 0.25) is 5.91 Å². The molecule has 0 saturated heterocycles. The quantitative estimate of drug-likeness (QED) is 0.700. The number of carbonyl (C=O) groups excluding carboxylic acids is 1. The van der Waals surface area contributed by atoms with Crippen LogP contribution in [0.25, 0.3) is 0 Å². The lowest BCUT2D eigenvalue weighted by Gasteiger charge is -2.20. The zero-order valence-corrected chi connectivity index (χ0v) is 12.2. The molecule has 1 rings (SSSR count). The van der Waals surface area contributed by atoms with Crippen molar-refractivity contribution in [1.82, 2.24) is 5.32 Å². The number of rotatable bonds is 7. The molecule has 3 N–H and O–H groups in total. The van der Waals surface area contributed by atoms with E-state index in [1.54, 1.807) is 0 Å². The van der Waals surface area contributed by atoms with Crippen molar-refractivity contribution in [3.8, 4) is 0 Å². The molecule has 106 valence electrons. The minimum absolute atomic E-state index is 0.0628. The molecule has 0 heterocycles. The van der Waals surface area contributed by atoms with Crippen LogP contribution in [0.4, 0.5) is 0 Å². The van der Waals surface area contributed by atoms with E-state index in [1.165, 1.54) is 29.8 Å². The van der Waals surface area contributed by atoms with Gasteiger partial charge < -0.3 is 15.5 Å². The summed E-state index contributed by atoms with van der Waals surface area (Å²) >= 11 is 1.53. The van der Waals surface area contributed by atoms with E-state index in [-0.39, 0.29) is 19.1 Å². The molecule has 0 radical (unpaired) electrons. The molecular formula is C14H21NO3S. The second-order valence-corrected chi connectivity index (χ2v) is 5.90. The Labute approximate surface area is 118 Å². The molecule has 1 aromatic carbocycles. The number of thioether (sulfide) groups is 1. The number of aliphatic hydroxyl groups excluding tert-OH is 1. The summed E-state index contributed by atoms with van der Waals surface area (Å²) in [4.78, 5) is 11.5. The van der Waals surface area contributed by atoms with Gasteiger partial charge in [-0.15, -0.1) is 11.8 Å². The summed E-state index contributed by atoms with van der Waals surface area (Å²) in [7, 11) is 0. The van der Waals surface area contributed by atoms with Crippen molar-refractivity contribution in [1.29, 1.82) is 0 Å². The molecule has 1 amide bonds. The molecule has 5 heteroatoms. The van der Waals surface area contributed by atoms with Crippen LogP contribution >= 0.6 is 11.8 Å². The van der Waals surface area contributed by atoms with Crippen molar-refractivity contribution < 1.29 is 15.0 Å². The first-order chi connectivity index (χ1) is 8.93. The van der Waals surface area contributed by atoms with Gasteiger partial charge >= 0.3 is 0 Å². The Balaban J connectivity index is 2.24. The highest BCUT2D eigenvalue weighted by Gasteiger charge is 2.19. The van der Waals surface area contributed by atoms with E-state index in [2.05, 4.69) is 11.4 Å². The molecule has 0 spiro atoms. The van der Waals surface area contributed by atoms with Crippen LogP contribution < -0.4 is 5.32 Å². The molecule has 1 aromatic rings. The molecule has 0 aromatic heterocycles. The maximum absolute atomic E-state index is 11.5. The lowest BCUT2D eigenvalue weighted by atomic mass is 10.1. The van der Waals surface area contributed by atoms with Crippen molar-refractivity contribution in [2.45, 2.75) is 25.2 Å². The Bertz CT molecular complexity index is 421. The molecular weight excluding hydrogens is 262 g/mol. The van der Waals surface area contributed by atoms with Crippen molar-refractivity contribution in [2.24, 2.45) is 0 Å². The van der Waals surface area contributed by atoms with Gasteiger partial charge in [0.25, 0.3) is 0 Å². The summed E-state index contributed by atoms with van der Waals surface area (Å²) in [6.07, 6.45) is 0. The van der Waals surface area contributed by atoms with Crippen molar-refractivity contribution >= 4 is 17.7 Å². The average Bonchev–Trinajstić information content (AvgIpc) is 2.37. The van der Waals surface area contributed by atoms with E-state index in [9.17, 15) is 9.90 Å². The zero-order valence-electron chi connectivity index (χ0n) is 11.3. The minimum atomic E-state index is -1.25. The predicted octanol–water partition coefficient (Wildman–Crippen LogP) is 1.09. The van der Waals surface area contributed by atoms with Crippen LogP contribution in [0.1, 0.15) is 18.1 Å². The van der Waals surface area contributed by atoms with E-state index in [0.29, 0.717) is 5.75 Å². The van der Waals surface area contributed by atoms with Crippen LogP contribution in [0.2, 0.25) is 0 Å². The maximum Gasteiger partial charge on any atom is 0.230 e. The Morgan fingerprint density at radius 3 is 2.84 bits per heavy atom. The Kier molecular flexibility index (Phi) is 6.34. The standard InChI is InChI=1S/C14H21NO3S/c1-11-4-3-5-12(6-11)7-19-8-13(17)15-9-14(2,18)10-16/h3-6,16,18H,7-10H2,1-2H3,(H,15,17). The number of hydrogen-bond donors (Lipinski definition) is 3. The van der Waals surface area contributed by atoms with Crippen LogP contribution in [0, 0.1) is 6.92 Å². The number of benzene rings is 1. The molecule has 0 aliphatic carbocycles. The van der Waals surface area contributed by atoms with Crippen LogP contribution in [0.5, 0.6) is 0 Å². The number of nitrogens with one attached hydrogen (secondary N) is 1. The fourth-order valence-corrected chi connectivity index (χ4v) is 2.26. The minimum Gasteiger partial charge on any atom is -0.393 e. The first-order valence-electron chi connectivity index (χ1n) is 6.16. The molecule has 0 aliphatic heterocycles. The lowest BCUT2D eigenvalue weighted by Crippen LogP contribution is -2.43. The third-order valence-electron chi connectivity index (χ3n) is 2.59. The van der Waals surface area contributed by atoms with Gasteiger partial charge in [0.05, 0.1) is 12.4 Å². The fourth-order valence-electron chi connectivity index (χ4n) is 1.46. The number of hydrogen-bond acceptors (Lipinski definition) is 4. The number of carbonyl (C=O) groups is 1. The van der Waals surface area contributed by atoms with Gasteiger partial charge in [0.15, 0.2) is 0 Å². The second kappa shape index (κ2) is 7.53. The molecule has 4 nitrogen and oxygen atoms in total. The Morgan fingerprint density at radius 1 is 1.47 bits per heavy atom. The first-order valence-corrected chi connectivity index (χ1v) is 7.32. The summed E-state index contributed by atoms with van der Waals surface area (Å²) < 4.78 is 0. The Hall–Kier alpha value is -1.04. The molecule has 19 heavy (non-hydrogen) atoms. The summed E-state index contributed by atoms with van der Waals surface area (Å²) in [5.74, 6) is 0.993. The van der Waals surface area contributed by atoms with Crippen molar-refractivity contribution in [3.05, 3.63) is 35.4 Å². The van der Waals surface area contributed by atoms with Gasteiger partial charge in [-0.05, 0) is 19.4 Å². The monoisotopic (exact) mass is 283 g/mol. The van der Waals surface area contributed by atoms with Gasteiger partial charge in [0.1, 0.15) is 5.60 Å². The highest BCUT2D eigenvalue weighted by Crippen LogP contribution is 2.13. The van der Waals surface area contributed by atoms with Crippen molar-refractivity contribution in [3.63, 3.8) is 0 Å². The topological polar surface area (TPSA) is 69.6 Å². The van der Waals surface area contributed by atoms with E-state index in [4.69, 9.17) is 5.11 Å².